The Labute approximate surface area is 524 Å². The van der Waals surface area contributed by atoms with E-state index < -0.39 is 113 Å². The van der Waals surface area contributed by atoms with Gasteiger partial charge in [-0.3, -0.25) is 0 Å². The third kappa shape index (κ3) is 21.5. The van der Waals surface area contributed by atoms with Crippen LogP contribution in [0.1, 0.15) is 72.9 Å². The van der Waals surface area contributed by atoms with Gasteiger partial charge in [-0.2, -0.15) is 39.4 Å². The fourth-order valence-corrected chi connectivity index (χ4v) is 10.3. The van der Waals surface area contributed by atoms with E-state index >= 15 is 0 Å². The lowest BCUT2D eigenvalue weighted by atomic mass is 9.77. The van der Waals surface area contributed by atoms with Gasteiger partial charge in [0.15, 0.2) is 0 Å². The van der Waals surface area contributed by atoms with Crippen LogP contribution in [0.2, 0.25) is 0 Å². The number of nitrogens with zero attached hydrogens (tertiary/aromatic N) is 1. The lowest BCUT2D eigenvalue weighted by Crippen LogP contribution is -2.56. The van der Waals surface area contributed by atoms with Crippen molar-refractivity contribution in [1.82, 2.24) is 25.6 Å². The quantitative estimate of drug-likeness (QED) is 0.0288. The van der Waals surface area contributed by atoms with Crippen molar-refractivity contribution in [3.63, 3.8) is 0 Å². The Kier molecular flexibility index (Phi) is 27.4. The molecule has 0 aromatic heterocycles. The Bertz CT molecular complexity index is 3250. The first kappa shape index (κ1) is 74.6. The smallest absolute Gasteiger partial charge is 0.428 e. The molecule has 498 valence electrons. The molecular formula is C61H60Cl2F17N5O5S. The predicted octanol–water partition coefficient (Wildman–Crippen LogP) is 17.1. The van der Waals surface area contributed by atoms with Crippen LogP contribution in [0, 0.1) is 35.1 Å². The molecule has 0 radical (unpaired) electrons. The average Bonchev–Trinajstić information content (AvgIpc) is 0.788. The summed E-state index contributed by atoms with van der Waals surface area (Å²) in [6.07, 6.45) is -19.3. The van der Waals surface area contributed by atoms with E-state index in [9.17, 15) is 87.5 Å². The first-order valence-electron chi connectivity index (χ1n) is 27.4. The lowest BCUT2D eigenvalue weighted by molar-refractivity contribution is -0.253. The van der Waals surface area contributed by atoms with Gasteiger partial charge in [0.05, 0.1) is 16.4 Å². The molecule has 2 aliphatic rings. The summed E-state index contributed by atoms with van der Waals surface area (Å²) in [5.41, 5.74) is -2.17. The zero-order valence-corrected chi connectivity index (χ0v) is 50.2. The molecule has 8 rings (SSSR count). The van der Waals surface area contributed by atoms with Crippen molar-refractivity contribution in [2.45, 2.75) is 107 Å². The van der Waals surface area contributed by atoms with Crippen molar-refractivity contribution in [3.05, 3.63) is 202 Å². The van der Waals surface area contributed by atoms with Gasteiger partial charge in [0, 0.05) is 62.0 Å². The highest BCUT2D eigenvalue weighted by Crippen LogP contribution is 2.56. The Hall–Kier alpha value is -7.17. The number of halogens is 19. The fraction of sp³-hybridized carbons (Fsp3) is 0.361. The number of ether oxygens (including phenoxy) is 2. The first-order chi connectivity index (χ1) is 42.8. The SMILES string of the molecule is CCN(CC)S(F)(F)F.ClCCl.O=C(NC1CC(C(F)F)C1)N[C@](Cc1ccccc1)(c1ccc(F)cc1)c1cc(F)cc(OC(F)(F)C(F)F)c1.O=CC1CC(NC(=O)N[C@](Cc2ccccc2)(c2ccc(F)cc2)c2cc(F)cc(OC(F)(F)C(F)F)c2)C1. The predicted molar refractivity (Wildman–Crippen MR) is 309 cm³/mol. The van der Waals surface area contributed by atoms with Gasteiger partial charge in [0.1, 0.15) is 41.1 Å². The molecule has 6 aromatic rings. The van der Waals surface area contributed by atoms with Crippen LogP contribution in [-0.2, 0) is 28.7 Å². The summed E-state index contributed by atoms with van der Waals surface area (Å²) in [6.45, 7) is 3.14. The molecule has 91 heavy (non-hydrogen) atoms. The second-order valence-electron chi connectivity index (χ2n) is 20.6. The maximum atomic E-state index is 14.8. The molecule has 30 heteroatoms. The summed E-state index contributed by atoms with van der Waals surface area (Å²) >= 11 is 4.60. The number of hydrogen-bond donors (Lipinski definition) is 4. The molecule has 4 amide bonds. The number of urea groups is 2. The lowest BCUT2D eigenvalue weighted by Gasteiger charge is -2.39. The van der Waals surface area contributed by atoms with E-state index in [1.165, 1.54) is 38.1 Å². The summed E-state index contributed by atoms with van der Waals surface area (Å²) in [6, 6.07) is 28.7. The second-order valence-corrected chi connectivity index (χ2v) is 22.6. The van der Waals surface area contributed by atoms with E-state index in [0.29, 0.717) is 40.4 Å². The minimum Gasteiger partial charge on any atom is -0.428 e. The van der Waals surface area contributed by atoms with Crippen molar-refractivity contribution >= 4 is 52.9 Å². The maximum Gasteiger partial charge on any atom is 0.461 e. The molecule has 0 bridgehead atoms. The highest BCUT2D eigenvalue weighted by molar-refractivity contribution is 8.18. The normalized spacial score (nSPS) is 17.8. The van der Waals surface area contributed by atoms with Crippen LogP contribution in [-0.4, -0.2) is 84.7 Å². The molecule has 4 N–H and O–H groups in total. The van der Waals surface area contributed by atoms with Crippen LogP contribution in [0.5, 0.6) is 11.5 Å². The first-order valence-corrected chi connectivity index (χ1v) is 29.8. The standard InChI is InChI=1S/C28H24F8N2O2.C28H24F6N2O3.C4H10F3NS.CH2Cl2/c29-20-8-6-18(7-9-20)27(15-16-4-2-1-3-5-16,38-26(39)37-22-10-17(11-22)24(31)32)19-12-21(30)14-23(13-19)40-28(35,36)25(33)34;29-21-8-6-19(7-9-21)27(15-17-4-2-1-3-5-17,36-26(38)35-23-10-18(11-23)16-37)20-12-22(30)14-24(13-20)39-28(33,34)25(31)32;1-3-8(4-2)9(5,6)7;2-1-3/h1-9,12-14,17,22,24-25H,10-11,15H2,(H2,37,38,39);1-9,12-14,16,18,23,25H,10-11,15H2,(H2,35,36,38);3-4H2,1-2H3;1H2/t17?,22?,27-;18?,23?,27-;;/m11../s1. The number of nitrogens with one attached hydrogen (secondary N) is 4. The molecule has 6 aromatic carbocycles. The summed E-state index contributed by atoms with van der Waals surface area (Å²) in [4.78, 5) is 37.4. The Morgan fingerprint density at radius 3 is 1.20 bits per heavy atom. The van der Waals surface area contributed by atoms with E-state index in [1.54, 1.807) is 60.7 Å². The van der Waals surface area contributed by atoms with E-state index in [-0.39, 0.29) is 78.3 Å². The topological polar surface area (TPSA) is 121 Å². The van der Waals surface area contributed by atoms with Gasteiger partial charge < -0.3 is 35.5 Å². The highest BCUT2D eigenvalue weighted by atomic mass is 35.5. The molecule has 10 nitrogen and oxygen atoms in total. The fourth-order valence-electron chi connectivity index (χ4n) is 9.75. The van der Waals surface area contributed by atoms with Gasteiger partial charge in [-0.1, -0.05) is 98.8 Å². The molecule has 0 heterocycles. The monoisotopic (exact) mass is 1370 g/mol. The average molecular weight is 1370 g/mol. The largest absolute Gasteiger partial charge is 0.461 e. The molecule has 0 unspecified atom stereocenters. The summed E-state index contributed by atoms with van der Waals surface area (Å²) < 4.78 is 233. The van der Waals surface area contributed by atoms with Crippen LogP contribution in [0.4, 0.5) is 82.7 Å². The van der Waals surface area contributed by atoms with Crippen LogP contribution in [0.25, 0.3) is 0 Å². The van der Waals surface area contributed by atoms with Crippen molar-refractivity contribution < 1.29 is 97.0 Å². The Morgan fingerprint density at radius 1 is 0.549 bits per heavy atom. The van der Waals surface area contributed by atoms with E-state index in [2.05, 4.69) is 30.7 Å². The van der Waals surface area contributed by atoms with Crippen molar-refractivity contribution in [1.29, 1.82) is 0 Å². The van der Waals surface area contributed by atoms with Crippen molar-refractivity contribution in [2.24, 2.45) is 11.8 Å². The third-order valence-electron chi connectivity index (χ3n) is 14.3. The number of alkyl halides is 12. The minimum absolute atomic E-state index is 0.0218. The third-order valence-corrected chi connectivity index (χ3v) is 15.4. The van der Waals surface area contributed by atoms with Crippen molar-refractivity contribution in [3.8, 4) is 11.5 Å². The molecule has 0 spiro atoms. The second kappa shape index (κ2) is 33.4. The summed E-state index contributed by atoms with van der Waals surface area (Å²) in [5.74, 6) is -6.40. The van der Waals surface area contributed by atoms with E-state index in [0.717, 1.165) is 54.8 Å². The van der Waals surface area contributed by atoms with Gasteiger partial charge in [0.2, 0.25) is 6.43 Å². The molecular weight excluding hydrogens is 1310 g/mol. The van der Waals surface area contributed by atoms with Crippen LogP contribution in [0.15, 0.2) is 146 Å². The van der Waals surface area contributed by atoms with E-state index in [4.69, 9.17) is 23.2 Å². The molecule has 2 saturated carbocycles. The van der Waals surface area contributed by atoms with Gasteiger partial charge in [-0.25, -0.2) is 35.9 Å². The van der Waals surface area contributed by atoms with E-state index in [1.807, 2.05) is 0 Å². The number of carbonyl (C=O) groups excluding carboxylic acids is 3. The minimum atomic E-state index is -4.95. The Morgan fingerprint density at radius 2 is 0.901 bits per heavy atom. The van der Waals surface area contributed by atoms with Crippen LogP contribution >= 0.6 is 34.6 Å². The maximum absolute atomic E-state index is 14.8. The summed E-state index contributed by atoms with van der Waals surface area (Å²) in [7, 11) is 0. The van der Waals surface area contributed by atoms with Crippen molar-refractivity contribution in [2.75, 3.05) is 18.4 Å². The van der Waals surface area contributed by atoms with Gasteiger partial charge in [-0.15, -0.1) is 34.9 Å². The number of hydrogen-bond acceptors (Lipinski definition) is 6. The number of amides is 4. The Balaban J connectivity index is 0.000000280. The zero-order chi connectivity index (χ0) is 67.5. The highest BCUT2D eigenvalue weighted by Gasteiger charge is 2.47. The molecule has 0 saturated heterocycles. The van der Waals surface area contributed by atoms with Crippen LogP contribution < -0.4 is 30.7 Å². The van der Waals surface area contributed by atoms with Gasteiger partial charge in [0.25, 0.3) is 11.4 Å². The zero-order valence-electron chi connectivity index (χ0n) is 47.9. The van der Waals surface area contributed by atoms with Gasteiger partial charge >= 0.3 is 37.1 Å². The number of rotatable bonds is 23. The number of benzene rings is 6. The number of carbonyl (C=O) groups is 3. The molecule has 2 fully saturated rings. The molecule has 0 aliphatic heterocycles. The summed E-state index contributed by atoms with van der Waals surface area (Å²) in [5, 5.41) is 11.0. The van der Waals surface area contributed by atoms with Gasteiger partial charge in [-0.05, 0) is 108 Å². The molecule has 2 aliphatic carbocycles. The molecule has 2 atom stereocenters. The van der Waals surface area contributed by atoms with Crippen LogP contribution in [0.3, 0.4) is 0 Å². The number of aldehydes is 1.